The molecule has 154 valence electrons. The molecular formula is C22H25FN2O3S. The molecule has 1 heterocycles. The van der Waals surface area contributed by atoms with Gasteiger partial charge in [0.15, 0.2) is 0 Å². The summed E-state index contributed by atoms with van der Waals surface area (Å²) < 4.78 is 40.4. The third-order valence-electron chi connectivity index (χ3n) is 5.73. The van der Waals surface area contributed by atoms with Gasteiger partial charge in [0.1, 0.15) is 5.82 Å². The molecular weight excluding hydrogens is 391 g/mol. The summed E-state index contributed by atoms with van der Waals surface area (Å²) in [5.41, 5.74) is 2.39. The summed E-state index contributed by atoms with van der Waals surface area (Å²) in [6.45, 7) is 0.991. The van der Waals surface area contributed by atoms with Crippen LogP contribution in [0.1, 0.15) is 30.7 Å². The molecule has 3 atom stereocenters. The first kappa shape index (κ1) is 20.0. The number of rotatable bonds is 5. The standard InChI is InChI=1S/C22H25FN2O3S/c1-29(27,28)24-16-9-6-12-25(14-16)22(26)19-13-18(19)21-17(10-5-11-20(21)23)15-7-3-2-4-8-15/h2-5,7-8,10-11,16,18-19,24H,6,9,12-14H2,1H3/t16-,18+,19+/m0/s1. The van der Waals surface area contributed by atoms with E-state index in [1.54, 1.807) is 11.0 Å². The average molecular weight is 417 g/mol. The molecule has 1 N–H and O–H groups in total. The molecule has 1 saturated carbocycles. The van der Waals surface area contributed by atoms with Gasteiger partial charge in [-0.3, -0.25) is 4.79 Å². The van der Waals surface area contributed by atoms with Gasteiger partial charge in [-0.25, -0.2) is 17.5 Å². The fourth-order valence-electron chi connectivity index (χ4n) is 4.38. The number of halogens is 1. The van der Waals surface area contributed by atoms with Gasteiger partial charge in [0.2, 0.25) is 15.9 Å². The number of sulfonamides is 1. The molecule has 4 rings (SSSR count). The number of hydrogen-bond donors (Lipinski definition) is 1. The maximum absolute atomic E-state index is 14.8. The number of hydrogen-bond acceptors (Lipinski definition) is 3. The van der Waals surface area contributed by atoms with E-state index in [4.69, 9.17) is 0 Å². The van der Waals surface area contributed by atoms with Gasteiger partial charge in [0, 0.05) is 25.0 Å². The molecule has 0 radical (unpaired) electrons. The molecule has 7 heteroatoms. The minimum atomic E-state index is -3.31. The van der Waals surface area contributed by atoms with Crippen LogP contribution >= 0.6 is 0 Å². The lowest BCUT2D eigenvalue weighted by Crippen LogP contribution is -2.49. The minimum Gasteiger partial charge on any atom is -0.341 e. The maximum Gasteiger partial charge on any atom is 0.226 e. The van der Waals surface area contributed by atoms with Gasteiger partial charge in [-0.05, 0) is 47.9 Å². The lowest BCUT2D eigenvalue weighted by molar-refractivity contribution is -0.133. The van der Waals surface area contributed by atoms with E-state index in [1.165, 1.54) is 6.07 Å². The van der Waals surface area contributed by atoms with Crippen LogP contribution < -0.4 is 4.72 Å². The van der Waals surface area contributed by atoms with Crippen molar-refractivity contribution >= 4 is 15.9 Å². The van der Waals surface area contributed by atoms with E-state index in [9.17, 15) is 17.6 Å². The van der Waals surface area contributed by atoms with Gasteiger partial charge < -0.3 is 4.90 Å². The lowest BCUT2D eigenvalue weighted by atomic mass is 9.95. The molecule has 2 aromatic carbocycles. The van der Waals surface area contributed by atoms with Crippen molar-refractivity contribution in [3.8, 4) is 11.1 Å². The second-order valence-electron chi connectivity index (χ2n) is 8.03. The van der Waals surface area contributed by atoms with Crippen LogP contribution in [0.5, 0.6) is 0 Å². The van der Waals surface area contributed by atoms with Crippen LogP contribution in [0.15, 0.2) is 48.5 Å². The zero-order valence-corrected chi connectivity index (χ0v) is 17.2. The summed E-state index contributed by atoms with van der Waals surface area (Å²) in [7, 11) is -3.31. The highest BCUT2D eigenvalue weighted by atomic mass is 32.2. The first-order valence-corrected chi connectivity index (χ1v) is 11.8. The molecule has 2 aromatic rings. The molecule has 0 spiro atoms. The van der Waals surface area contributed by atoms with Gasteiger partial charge >= 0.3 is 0 Å². The topological polar surface area (TPSA) is 66.5 Å². The molecule has 5 nitrogen and oxygen atoms in total. The Hall–Kier alpha value is -2.25. The van der Waals surface area contributed by atoms with Crippen LogP contribution in [0, 0.1) is 11.7 Å². The monoisotopic (exact) mass is 416 g/mol. The molecule has 1 aliphatic heterocycles. The third-order valence-corrected chi connectivity index (χ3v) is 6.49. The highest BCUT2D eigenvalue weighted by Crippen LogP contribution is 2.52. The minimum absolute atomic E-state index is 0.00253. The van der Waals surface area contributed by atoms with Gasteiger partial charge in [0.25, 0.3) is 0 Å². The van der Waals surface area contributed by atoms with Crippen molar-refractivity contribution in [3.63, 3.8) is 0 Å². The smallest absolute Gasteiger partial charge is 0.226 e. The van der Waals surface area contributed by atoms with E-state index < -0.39 is 10.0 Å². The molecule has 2 aliphatic rings. The average Bonchev–Trinajstić information content (AvgIpc) is 3.47. The van der Waals surface area contributed by atoms with E-state index in [0.717, 1.165) is 30.2 Å². The number of nitrogens with zero attached hydrogens (tertiary/aromatic N) is 1. The first-order chi connectivity index (χ1) is 13.8. The Bertz CT molecular complexity index is 1010. The second kappa shape index (κ2) is 7.88. The highest BCUT2D eigenvalue weighted by Gasteiger charge is 2.48. The van der Waals surface area contributed by atoms with E-state index in [0.29, 0.717) is 25.1 Å². The predicted molar refractivity (Wildman–Crippen MR) is 110 cm³/mol. The van der Waals surface area contributed by atoms with E-state index in [1.807, 2.05) is 36.4 Å². The van der Waals surface area contributed by atoms with Gasteiger partial charge in [-0.2, -0.15) is 0 Å². The molecule has 1 aliphatic carbocycles. The van der Waals surface area contributed by atoms with E-state index >= 15 is 0 Å². The second-order valence-corrected chi connectivity index (χ2v) is 9.81. The van der Waals surface area contributed by atoms with Crippen molar-refractivity contribution in [1.29, 1.82) is 0 Å². The zero-order chi connectivity index (χ0) is 20.6. The third kappa shape index (κ3) is 4.51. The van der Waals surface area contributed by atoms with Gasteiger partial charge in [-0.15, -0.1) is 0 Å². The maximum atomic E-state index is 14.8. The summed E-state index contributed by atoms with van der Waals surface area (Å²) in [5.74, 6) is -0.660. The zero-order valence-electron chi connectivity index (χ0n) is 16.3. The van der Waals surface area contributed by atoms with Crippen molar-refractivity contribution < 1.29 is 17.6 Å². The number of benzene rings is 2. The lowest BCUT2D eigenvalue weighted by Gasteiger charge is -2.33. The molecule has 29 heavy (non-hydrogen) atoms. The van der Waals surface area contributed by atoms with Crippen LogP contribution in [0.2, 0.25) is 0 Å². The highest BCUT2D eigenvalue weighted by molar-refractivity contribution is 7.88. The largest absolute Gasteiger partial charge is 0.341 e. The number of piperidine rings is 1. The summed E-state index contributed by atoms with van der Waals surface area (Å²) >= 11 is 0. The Morgan fingerprint density at radius 3 is 2.62 bits per heavy atom. The Labute approximate surface area is 171 Å². The fourth-order valence-corrected chi connectivity index (χ4v) is 5.18. The number of likely N-dealkylation sites (tertiary alicyclic amines) is 1. The molecule has 0 bridgehead atoms. The molecule has 0 unspecified atom stereocenters. The summed E-state index contributed by atoms with van der Waals surface area (Å²) in [6, 6.07) is 14.5. The van der Waals surface area contributed by atoms with E-state index in [2.05, 4.69) is 4.72 Å². The molecule has 1 saturated heterocycles. The number of nitrogens with one attached hydrogen (secondary N) is 1. The van der Waals surface area contributed by atoms with Crippen molar-refractivity contribution in [2.24, 2.45) is 5.92 Å². The van der Waals surface area contributed by atoms with Crippen LogP contribution in [0.3, 0.4) is 0 Å². The normalized spacial score (nSPS) is 24.3. The summed E-state index contributed by atoms with van der Waals surface area (Å²) in [6.07, 6.45) is 3.23. The SMILES string of the molecule is CS(=O)(=O)N[C@H]1CCCN(C(=O)[C@@H]2C[C@H]2c2c(F)cccc2-c2ccccc2)C1. The van der Waals surface area contributed by atoms with Crippen LogP contribution in [0.25, 0.3) is 11.1 Å². The molecule has 2 fully saturated rings. The van der Waals surface area contributed by atoms with Crippen molar-refractivity contribution in [1.82, 2.24) is 9.62 Å². The summed E-state index contributed by atoms with van der Waals surface area (Å²) in [5, 5.41) is 0. The first-order valence-electron chi connectivity index (χ1n) is 9.93. The van der Waals surface area contributed by atoms with Gasteiger partial charge in [-0.1, -0.05) is 42.5 Å². The molecule has 0 aromatic heterocycles. The van der Waals surface area contributed by atoms with E-state index in [-0.39, 0.29) is 29.6 Å². The summed E-state index contributed by atoms with van der Waals surface area (Å²) in [4.78, 5) is 14.8. The Kier molecular flexibility index (Phi) is 5.44. The van der Waals surface area contributed by atoms with Crippen LogP contribution in [-0.2, 0) is 14.8 Å². The number of carbonyl (C=O) groups is 1. The molecule has 1 amide bonds. The van der Waals surface area contributed by atoms with Crippen molar-refractivity contribution in [2.45, 2.75) is 31.2 Å². The van der Waals surface area contributed by atoms with Crippen LogP contribution in [0.4, 0.5) is 4.39 Å². The van der Waals surface area contributed by atoms with Gasteiger partial charge in [0.05, 0.1) is 6.26 Å². The Balaban J connectivity index is 1.51. The van der Waals surface area contributed by atoms with Crippen LogP contribution in [-0.4, -0.2) is 44.6 Å². The quantitative estimate of drug-likeness (QED) is 0.814. The Morgan fingerprint density at radius 1 is 1.14 bits per heavy atom. The fraction of sp³-hybridized carbons (Fsp3) is 0.409. The number of amides is 1. The van der Waals surface area contributed by atoms with Crippen molar-refractivity contribution in [2.75, 3.05) is 19.3 Å². The van der Waals surface area contributed by atoms with Crippen molar-refractivity contribution in [3.05, 3.63) is 59.9 Å². The predicted octanol–water partition coefficient (Wildman–Crippen LogP) is 3.14. The number of carbonyl (C=O) groups excluding carboxylic acids is 1. The Morgan fingerprint density at radius 2 is 1.90 bits per heavy atom.